The van der Waals surface area contributed by atoms with Gasteiger partial charge in [0.05, 0.1) is 18.4 Å². The quantitative estimate of drug-likeness (QED) is 0.790. The maximum Gasteiger partial charge on any atom is 0.256 e. The second-order valence-electron chi connectivity index (χ2n) is 5.79. The molecule has 0 fully saturated rings. The molecule has 0 saturated carbocycles. The van der Waals surface area contributed by atoms with Crippen LogP contribution in [0, 0.1) is 19.7 Å². The molecule has 0 unspecified atom stereocenters. The zero-order valence-corrected chi connectivity index (χ0v) is 13.6. The van der Waals surface area contributed by atoms with Gasteiger partial charge in [-0.1, -0.05) is 35.9 Å². The molecule has 0 aliphatic rings. The lowest BCUT2D eigenvalue weighted by atomic mass is 10.1. The number of amides is 1. The van der Waals surface area contributed by atoms with Crippen molar-refractivity contribution < 1.29 is 9.18 Å². The maximum atomic E-state index is 13.7. The molecule has 5 heteroatoms. The number of hydrogen-bond donors (Lipinski definition) is 1. The number of anilines is 1. The predicted octanol–water partition coefficient (Wildman–Crippen LogP) is 3.94. The molecule has 1 N–H and O–H groups in total. The van der Waals surface area contributed by atoms with Gasteiger partial charge >= 0.3 is 0 Å². The van der Waals surface area contributed by atoms with Gasteiger partial charge in [-0.3, -0.25) is 9.48 Å². The highest BCUT2D eigenvalue weighted by atomic mass is 19.1. The van der Waals surface area contributed by atoms with Crippen LogP contribution in [-0.4, -0.2) is 15.7 Å². The van der Waals surface area contributed by atoms with Crippen molar-refractivity contribution in [2.75, 3.05) is 5.32 Å². The zero-order chi connectivity index (χ0) is 17.1. The fourth-order valence-corrected chi connectivity index (χ4v) is 2.49. The van der Waals surface area contributed by atoms with Crippen molar-refractivity contribution in [2.24, 2.45) is 0 Å². The SMILES string of the molecule is Cc1ccc(C)c(C(=O)Nc2cnn(Cc3ccccc3F)c2)c1. The third-order valence-corrected chi connectivity index (χ3v) is 3.82. The van der Waals surface area contributed by atoms with E-state index in [1.807, 2.05) is 32.0 Å². The number of carbonyl (C=O) groups is 1. The van der Waals surface area contributed by atoms with Crippen molar-refractivity contribution in [3.63, 3.8) is 0 Å². The van der Waals surface area contributed by atoms with Crippen molar-refractivity contribution in [2.45, 2.75) is 20.4 Å². The summed E-state index contributed by atoms with van der Waals surface area (Å²) in [4.78, 5) is 12.4. The lowest BCUT2D eigenvalue weighted by molar-refractivity contribution is 0.102. The number of halogens is 1. The van der Waals surface area contributed by atoms with E-state index in [2.05, 4.69) is 10.4 Å². The summed E-state index contributed by atoms with van der Waals surface area (Å²) in [6, 6.07) is 12.3. The van der Waals surface area contributed by atoms with Crippen LogP contribution in [0.3, 0.4) is 0 Å². The molecular formula is C19H18FN3O. The second-order valence-corrected chi connectivity index (χ2v) is 5.79. The molecule has 3 rings (SSSR count). The Kier molecular flexibility index (Phi) is 4.42. The Morgan fingerprint density at radius 3 is 2.79 bits per heavy atom. The van der Waals surface area contributed by atoms with E-state index >= 15 is 0 Å². The number of carbonyl (C=O) groups excluding carboxylic acids is 1. The van der Waals surface area contributed by atoms with Crippen LogP contribution in [0.4, 0.5) is 10.1 Å². The molecule has 1 amide bonds. The fourth-order valence-electron chi connectivity index (χ4n) is 2.49. The van der Waals surface area contributed by atoms with E-state index in [4.69, 9.17) is 0 Å². The van der Waals surface area contributed by atoms with Gasteiger partial charge in [0, 0.05) is 17.3 Å². The standard InChI is InChI=1S/C19H18FN3O/c1-13-7-8-14(2)17(9-13)19(24)22-16-10-21-23(12-16)11-15-5-3-4-6-18(15)20/h3-10,12H,11H2,1-2H3,(H,22,24). The van der Waals surface area contributed by atoms with Gasteiger partial charge < -0.3 is 5.32 Å². The first-order chi connectivity index (χ1) is 11.5. The average molecular weight is 323 g/mol. The van der Waals surface area contributed by atoms with Gasteiger partial charge in [-0.15, -0.1) is 0 Å². The normalized spacial score (nSPS) is 10.6. The lowest BCUT2D eigenvalue weighted by Crippen LogP contribution is -2.13. The van der Waals surface area contributed by atoms with Gasteiger partial charge in [0.15, 0.2) is 0 Å². The van der Waals surface area contributed by atoms with Crippen molar-refractivity contribution >= 4 is 11.6 Å². The molecule has 1 heterocycles. The number of aromatic nitrogens is 2. The minimum absolute atomic E-state index is 0.179. The van der Waals surface area contributed by atoms with Crippen LogP contribution in [0.2, 0.25) is 0 Å². The zero-order valence-electron chi connectivity index (χ0n) is 13.6. The van der Waals surface area contributed by atoms with Crippen LogP contribution in [0.5, 0.6) is 0 Å². The molecule has 0 saturated heterocycles. The summed E-state index contributed by atoms with van der Waals surface area (Å²) in [5, 5.41) is 7.01. The monoisotopic (exact) mass is 323 g/mol. The van der Waals surface area contributed by atoms with Gasteiger partial charge in [0.25, 0.3) is 5.91 Å². The molecule has 0 aliphatic heterocycles. The largest absolute Gasteiger partial charge is 0.319 e. The molecular weight excluding hydrogens is 305 g/mol. The second kappa shape index (κ2) is 6.66. The van der Waals surface area contributed by atoms with Crippen molar-refractivity contribution in [1.82, 2.24) is 9.78 Å². The Morgan fingerprint density at radius 2 is 2.00 bits per heavy atom. The molecule has 122 valence electrons. The molecule has 0 aliphatic carbocycles. The molecule has 0 spiro atoms. The van der Waals surface area contributed by atoms with E-state index < -0.39 is 0 Å². The fraction of sp³-hybridized carbons (Fsp3) is 0.158. The molecule has 1 aromatic heterocycles. The third-order valence-electron chi connectivity index (χ3n) is 3.82. The summed E-state index contributed by atoms with van der Waals surface area (Å²) in [5.74, 6) is -0.449. The first-order valence-electron chi connectivity index (χ1n) is 7.67. The van der Waals surface area contributed by atoms with Crippen LogP contribution in [-0.2, 0) is 6.54 Å². The number of benzene rings is 2. The number of nitrogens with zero attached hydrogens (tertiary/aromatic N) is 2. The van der Waals surface area contributed by atoms with Gasteiger partial charge in [0.1, 0.15) is 5.82 Å². The Hall–Kier alpha value is -2.95. The maximum absolute atomic E-state index is 13.7. The van der Waals surface area contributed by atoms with Crippen LogP contribution in [0.25, 0.3) is 0 Å². The van der Waals surface area contributed by atoms with E-state index in [1.54, 1.807) is 35.3 Å². The Bertz CT molecular complexity index is 886. The van der Waals surface area contributed by atoms with Crippen LogP contribution < -0.4 is 5.32 Å². The molecule has 0 bridgehead atoms. The summed E-state index contributed by atoms with van der Waals surface area (Å²) in [7, 11) is 0. The first kappa shape index (κ1) is 15.9. The summed E-state index contributed by atoms with van der Waals surface area (Å²) in [6.45, 7) is 4.16. The highest BCUT2D eigenvalue weighted by Crippen LogP contribution is 2.15. The minimum Gasteiger partial charge on any atom is -0.319 e. The van der Waals surface area contributed by atoms with E-state index in [-0.39, 0.29) is 11.7 Å². The van der Waals surface area contributed by atoms with E-state index in [0.717, 1.165) is 11.1 Å². The van der Waals surface area contributed by atoms with E-state index in [1.165, 1.54) is 6.07 Å². The molecule has 0 radical (unpaired) electrons. The first-order valence-corrected chi connectivity index (χ1v) is 7.67. The summed E-state index contributed by atoms with van der Waals surface area (Å²) < 4.78 is 15.3. The van der Waals surface area contributed by atoms with Crippen LogP contribution in [0.1, 0.15) is 27.0 Å². The van der Waals surface area contributed by atoms with E-state index in [9.17, 15) is 9.18 Å². The van der Waals surface area contributed by atoms with E-state index in [0.29, 0.717) is 23.4 Å². The Balaban J connectivity index is 1.73. The van der Waals surface area contributed by atoms with Crippen molar-refractivity contribution in [3.05, 3.63) is 82.9 Å². The number of aryl methyl sites for hydroxylation is 2. The van der Waals surface area contributed by atoms with Gasteiger partial charge in [-0.25, -0.2) is 4.39 Å². The molecule has 2 aromatic carbocycles. The van der Waals surface area contributed by atoms with Crippen LogP contribution in [0.15, 0.2) is 54.9 Å². The third kappa shape index (κ3) is 3.51. The number of hydrogen-bond acceptors (Lipinski definition) is 2. The van der Waals surface area contributed by atoms with Crippen molar-refractivity contribution in [3.8, 4) is 0 Å². The smallest absolute Gasteiger partial charge is 0.256 e. The van der Waals surface area contributed by atoms with Gasteiger partial charge in [-0.05, 0) is 31.5 Å². The topological polar surface area (TPSA) is 46.9 Å². The Labute approximate surface area is 139 Å². The lowest BCUT2D eigenvalue weighted by Gasteiger charge is -2.07. The Morgan fingerprint density at radius 1 is 1.21 bits per heavy atom. The summed E-state index contributed by atoms with van der Waals surface area (Å²) in [6.07, 6.45) is 3.25. The highest BCUT2D eigenvalue weighted by molar-refractivity contribution is 6.05. The molecule has 4 nitrogen and oxygen atoms in total. The molecule has 3 aromatic rings. The number of rotatable bonds is 4. The summed E-state index contributed by atoms with van der Waals surface area (Å²) in [5.41, 5.74) is 3.71. The molecule has 0 atom stereocenters. The van der Waals surface area contributed by atoms with Gasteiger partial charge in [0.2, 0.25) is 0 Å². The number of nitrogens with one attached hydrogen (secondary N) is 1. The van der Waals surface area contributed by atoms with Gasteiger partial charge in [-0.2, -0.15) is 5.10 Å². The predicted molar refractivity (Wildman–Crippen MR) is 91.6 cm³/mol. The minimum atomic E-state index is -0.269. The molecule has 24 heavy (non-hydrogen) atoms. The average Bonchev–Trinajstić information content (AvgIpc) is 2.99. The van der Waals surface area contributed by atoms with Crippen molar-refractivity contribution in [1.29, 1.82) is 0 Å². The summed E-state index contributed by atoms with van der Waals surface area (Å²) >= 11 is 0. The van der Waals surface area contributed by atoms with Crippen LogP contribution >= 0.6 is 0 Å². The highest BCUT2D eigenvalue weighted by Gasteiger charge is 2.11.